The minimum atomic E-state index is -1.11. The fourth-order valence-electron chi connectivity index (χ4n) is 2.19. The molecule has 0 saturated heterocycles. The number of benzene rings is 1. The molecular formula is C17H23N3O4. The number of anilines is 1. The topological polar surface area (TPSA) is 93.5 Å². The van der Waals surface area contributed by atoms with Crippen LogP contribution in [0.2, 0.25) is 0 Å². The van der Waals surface area contributed by atoms with E-state index < -0.39 is 23.2 Å². The van der Waals surface area contributed by atoms with Crippen molar-refractivity contribution in [2.24, 2.45) is 0 Å². The molecule has 1 aromatic heterocycles. The molecule has 0 aliphatic carbocycles. The number of nitrogens with zero attached hydrogens (tertiary/aromatic N) is 2. The molecule has 0 spiro atoms. The van der Waals surface area contributed by atoms with Gasteiger partial charge in [-0.15, -0.1) is 0 Å². The fraction of sp³-hybridized carbons (Fsp3) is 0.471. The Kier molecular flexibility index (Phi) is 4.55. The number of carbonyl (C=O) groups excluding carboxylic acids is 1. The van der Waals surface area contributed by atoms with Crippen molar-refractivity contribution in [2.45, 2.75) is 52.2 Å². The van der Waals surface area contributed by atoms with Gasteiger partial charge < -0.3 is 9.84 Å². The first-order valence-electron chi connectivity index (χ1n) is 7.78. The van der Waals surface area contributed by atoms with E-state index in [1.807, 2.05) is 0 Å². The summed E-state index contributed by atoms with van der Waals surface area (Å²) in [5, 5.41) is 17.2. The molecule has 0 aliphatic rings. The Bertz CT molecular complexity index is 776. The molecule has 0 aliphatic heterocycles. The lowest BCUT2D eigenvalue weighted by atomic mass is 10.00. The van der Waals surface area contributed by atoms with E-state index in [2.05, 4.69) is 10.4 Å². The highest BCUT2D eigenvalue weighted by molar-refractivity contribution is 5.90. The number of nitrogens with one attached hydrogen (secondary N) is 1. The third-order valence-corrected chi connectivity index (χ3v) is 3.80. The summed E-state index contributed by atoms with van der Waals surface area (Å²) in [6.45, 7) is 8.79. The zero-order valence-electron chi connectivity index (χ0n) is 14.6. The second-order valence-corrected chi connectivity index (χ2v) is 6.91. The molecule has 0 saturated carbocycles. The van der Waals surface area contributed by atoms with Gasteiger partial charge in [-0.05, 0) is 52.3 Å². The Balaban J connectivity index is 2.29. The van der Waals surface area contributed by atoms with E-state index in [1.54, 1.807) is 59.0 Å². The molecule has 1 aromatic carbocycles. The third-order valence-electron chi connectivity index (χ3n) is 3.80. The Morgan fingerprint density at radius 1 is 1.29 bits per heavy atom. The molecule has 1 heterocycles. The van der Waals surface area contributed by atoms with Crippen LogP contribution in [0.4, 0.5) is 10.5 Å². The van der Waals surface area contributed by atoms with Crippen molar-refractivity contribution in [2.75, 3.05) is 5.32 Å². The number of carboxylic acids is 1. The van der Waals surface area contributed by atoms with Gasteiger partial charge in [0, 0.05) is 17.3 Å². The van der Waals surface area contributed by atoms with Crippen molar-refractivity contribution in [3.05, 3.63) is 24.4 Å². The van der Waals surface area contributed by atoms with Crippen LogP contribution in [-0.4, -0.2) is 32.6 Å². The molecule has 1 unspecified atom stereocenters. The second-order valence-electron chi connectivity index (χ2n) is 6.91. The SMILES string of the molecule is CCC(C)(C(=O)O)n1cc2cc(NC(=O)OC(C)(C)C)ccc2n1. The fourth-order valence-corrected chi connectivity index (χ4v) is 2.19. The second kappa shape index (κ2) is 6.14. The van der Waals surface area contributed by atoms with Gasteiger partial charge in [0.15, 0.2) is 5.54 Å². The molecular weight excluding hydrogens is 310 g/mol. The van der Waals surface area contributed by atoms with Crippen LogP contribution in [0.3, 0.4) is 0 Å². The van der Waals surface area contributed by atoms with Gasteiger partial charge in [-0.3, -0.25) is 10.00 Å². The first kappa shape index (κ1) is 17.8. The molecule has 2 rings (SSSR count). The molecule has 7 heteroatoms. The number of ether oxygens (including phenoxy) is 1. The maximum absolute atomic E-state index is 11.8. The monoisotopic (exact) mass is 333 g/mol. The van der Waals surface area contributed by atoms with Crippen LogP contribution in [-0.2, 0) is 15.1 Å². The van der Waals surface area contributed by atoms with Crippen molar-refractivity contribution in [3.8, 4) is 0 Å². The summed E-state index contributed by atoms with van der Waals surface area (Å²) in [4.78, 5) is 23.4. The van der Waals surface area contributed by atoms with Crippen LogP contribution >= 0.6 is 0 Å². The Labute approximate surface area is 140 Å². The van der Waals surface area contributed by atoms with Crippen molar-refractivity contribution in [1.29, 1.82) is 0 Å². The van der Waals surface area contributed by atoms with Gasteiger partial charge in [0.25, 0.3) is 0 Å². The highest BCUT2D eigenvalue weighted by Gasteiger charge is 2.34. The average molecular weight is 333 g/mol. The van der Waals surface area contributed by atoms with Gasteiger partial charge in [0.2, 0.25) is 0 Å². The molecule has 7 nitrogen and oxygen atoms in total. The minimum Gasteiger partial charge on any atom is -0.479 e. The van der Waals surface area contributed by atoms with Gasteiger partial charge in [0.1, 0.15) is 5.60 Å². The smallest absolute Gasteiger partial charge is 0.412 e. The first-order chi connectivity index (χ1) is 11.0. The van der Waals surface area contributed by atoms with E-state index in [0.29, 0.717) is 17.6 Å². The molecule has 0 fully saturated rings. The summed E-state index contributed by atoms with van der Waals surface area (Å²) < 4.78 is 6.67. The molecule has 24 heavy (non-hydrogen) atoms. The largest absolute Gasteiger partial charge is 0.479 e. The summed E-state index contributed by atoms with van der Waals surface area (Å²) in [7, 11) is 0. The van der Waals surface area contributed by atoms with Crippen molar-refractivity contribution < 1.29 is 19.4 Å². The predicted molar refractivity (Wildman–Crippen MR) is 91.2 cm³/mol. The van der Waals surface area contributed by atoms with Crippen LogP contribution < -0.4 is 5.32 Å². The van der Waals surface area contributed by atoms with Gasteiger partial charge in [0.05, 0.1) is 5.52 Å². The van der Waals surface area contributed by atoms with Crippen molar-refractivity contribution in [1.82, 2.24) is 9.78 Å². The number of rotatable bonds is 4. The minimum absolute atomic E-state index is 0.402. The number of hydrogen-bond donors (Lipinski definition) is 2. The van der Waals surface area contributed by atoms with Crippen LogP contribution in [0.15, 0.2) is 24.4 Å². The highest BCUT2D eigenvalue weighted by atomic mass is 16.6. The Morgan fingerprint density at radius 2 is 1.96 bits per heavy atom. The van der Waals surface area contributed by atoms with Crippen LogP contribution in [0.5, 0.6) is 0 Å². The van der Waals surface area contributed by atoms with E-state index in [-0.39, 0.29) is 0 Å². The lowest BCUT2D eigenvalue weighted by molar-refractivity contribution is -0.147. The molecule has 130 valence electrons. The van der Waals surface area contributed by atoms with Gasteiger partial charge in [-0.2, -0.15) is 5.10 Å². The highest BCUT2D eigenvalue weighted by Crippen LogP contribution is 2.25. The number of carboxylic acid groups (broad SMARTS) is 1. The van der Waals surface area contributed by atoms with E-state index in [0.717, 1.165) is 5.39 Å². The van der Waals surface area contributed by atoms with E-state index in [4.69, 9.17) is 4.74 Å². The molecule has 2 aromatic rings. The molecule has 1 amide bonds. The number of aromatic nitrogens is 2. The molecule has 1 atom stereocenters. The standard InChI is InChI=1S/C17H23N3O4/c1-6-17(5,14(21)22)20-10-11-9-12(7-8-13(11)19-20)18-15(23)24-16(2,3)4/h7-10H,6H2,1-5H3,(H,18,23)(H,21,22). The van der Waals surface area contributed by atoms with Gasteiger partial charge in [-0.1, -0.05) is 6.92 Å². The van der Waals surface area contributed by atoms with E-state index >= 15 is 0 Å². The Hall–Kier alpha value is -2.57. The number of hydrogen-bond acceptors (Lipinski definition) is 4. The lowest BCUT2D eigenvalue weighted by Crippen LogP contribution is -2.38. The van der Waals surface area contributed by atoms with Crippen molar-refractivity contribution >= 4 is 28.7 Å². The van der Waals surface area contributed by atoms with Crippen molar-refractivity contribution in [3.63, 3.8) is 0 Å². The summed E-state index contributed by atoms with van der Waals surface area (Å²) >= 11 is 0. The maximum atomic E-state index is 11.8. The van der Waals surface area contributed by atoms with Crippen LogP contribution in [0, 0.1) is 0 Å². The summed E-state index contributed by atoms with van der Waals surface area (Å²) in [6.07, 6.45) is 1.53. The first-order valence-corrected chi connectivity index (χ1v) is 7.78. The van der Waals surface area contributed by atoms with Gasteiger partial charge in [-0.25, -0.2) is 9.59 Å². The Morgan fingerprint density at radius 3 is 2.50 bits per heavy atom. The number of aliphatic carboxylic acids is 1. The van der Waals surface area contributed by atoms with Crippen LogP contribution in [0.1, 0.15) is 41.0 Å². The van der Waals surface area contributed by atoms with E-state index in [1.165, 1.54) is 4.68 Å². The molecule has 0 bridgehead atoms. The maximum Gasteiger partial charge on any atom is 0.412 e. The average Bonchev–Trinajstić information content (AvgIpc) is 2.87. The van der Waals surface area contributed by atoms with Gasteiger partial charge >= 0.3 is 12.1 Å². The summed E-state index contributed by atoms with van der Waals surface area (Å²) in [6, 6.07) is 5.17. The summed E-state index contributed by atoms with van der Waals surface area (Å²) in [5.41, 5.74) is -0.475. The quantitative estimate of drug-likeness (QED) is 0.892. The number of fused-ring (bicyclic) bond motifs is 1. The van der Waals surface area contributed by atoms with E-state index in [9.17, 15) is 14.7 Å². The van der Waals surface area contributed by atoms with Crippen LogP contribution in [0.25, 0.3) is 10.9 Å². The summed E-state index contributed by atoms with van der Waals surface area (Å²) in [5.74, 6) is -0.940. The normalized spacial score (nSPS) is 14.2. The third kappa shape index (κ3) is 3.67. The molecule has 0 radical (unpaired) electrons. The predicted octanol–water partition coefficient (Wildman–Crippen LogP) is 3.59. The number of amides is 1. The lowest BCUT2D eigenvalue weighted by Gasteiger charge is -2.23. The number of carbonyl (C=O) groups is 2. The molecule has 2 N–H and O–H groups in total. The zero-order chi connectivity index (χ0) is 18.1. The zero-order valence-corrected chi connectivity index (χ0v) is 14.6.